The zero-order valence-electron chi connectivity index (χ0n) is 12.2. The number of aliphatic hydroxyl groups excluding tert-OH is 1. The molecule has 3 rings (SSSR count). The second-order valence-electron chi connectivity index (χ2n) is 5.13. The first-order valence-corrected chi connectivity index (χ1v) is 7.05. The maximum atomic E-state index is 10.1. The van der Waals surface area contributed by atoms with E-state index in [1.807, 2.05) is 42.5 Å². The van der Waals surface area contributed by atoms with Crippen LogP contribution in [0.1, 0.15) is 18.6 Å². The molecule has 0 aliphatic heterocycles. The van der Waals surface area contributed by atoms with Crippen molar-refractivity contribution in [1.82, 2.24) is 0 Å². The van der Waals surface area contributed by atoms with Crippen molar-refractivity contribution in [2.24, 2.45) is 0 Å². The Kier molecular flexibility index (Phi) is 3.63. The van der Waals surface area contributed by atoms with Crippen LogP contribution >= 0.6 is 0 Å². The van der Waals surface area contributed by atoms with Crippen molar-refractivity contribution in [3.63, 3.8) is 0 Å². The van der Waals surface area contributed by atoms with E-state index in [9.17, 15) is 5.11 Å². The van der Waals surface area contributed by atoms with Gasteiger partial charge < -0.3 is 9.84 Å². The van der Waals surface area contributed by atoms with Crippen molar-refractivity contribution in [2.75, 3.05) is 7.11 Å². The summed E-state index contributed by atoms with van der Waals surface area (Å²) in [5, 5.41) is 12.4. The second-order valence-corrected chi connectivity index (χ2v) is 5.13. The lowest BCUT2D eigenvalue weighted by atomic mass is 9.92. The summed E-state index contributed by atoms with van der Waals surface area (Å²) in [7, 11) is 1.68. The molecule has 0 bridgehead atoms. The minimum Gasteiger partial charge on any atom is -0.496 e. The highest BCUT2D eigenvalue weighted by Gasteiger charge is 2.15. The van der Waals surface area contributed by atoms with Crippen LogP contribution in [0.25, 0.3) is 21.9 Å². The van der Waals surface area contributed by atoms with Crippen molar-refractivity contribution in [3.05, 3.63) is 66.2 Å². The van der Waals surface area contributed by atoms with Gasteiger partial charge in [-0.2, -0.15) is 0 Å². The Morgan fingerprint density at radius 3 is 2.38 bits per heavy atom. The molecule has 0 radical (unpaired) electrons. The van der Waals surface area contributed by atoms with Crippen LogP contribution in [0.3, 0.4) is 0 Å². The smallest absolute Gasteiger partial charge is 0.127 e. The lowest BCUT2D eigenvalue weighted by Gasteiger charge is -2.17. The Balaban J connectivity index is 2.39. The fourth-order valence-electron chi connectivity index (χ4n) is 2.79. The number of ether oxygens (including phenoxy) is 1. The quantitative estimate of drug-likeness (QED) is 0.760. The van der Waals surface area contributed by atoms with Gasteiger partial charge in [0.2, 0.25) is 0 Å². The third-order valence-corrected chi connectivity index (χ3v) is 3.79. The molecule has 0 heterocycles. The summed E-state index contributed by atoms with van der Waals surface area (Å²) in [6.45, 7) is 1.79. The van der Waals surface area contributed by atoms with Crippen LogP contribution in [0.4, 0.5) is 0 Å². The van der Waals surface area contributed by atoms with Gasteiger partial charge in [0.25, 0.3) is 0 Å². The minimum atomic E-state index is -0.523. The Morgan fingerprint density at radius 2 is 1.62 bits per heavy atom. The van der Waals surface area contributed by atoms with Gasteiger partial charge in [0.15, 0.2) is 0 Å². The van der Waals surface area contributed by atoms with Crippen LogP contribution in [0.2, 0.25) is 0 Å². The van der Waals surface area contributed by atoms with E-state index in [0.717, 1.165) is 33.2 Å². The van der Waals surface area contributed by atoms with E-state index in [0.29, 0.717) is 0 Å². The summed E-state index contributed by atoms with van der Waals surface area (Å²) >= 11 is 0. The SMILES string of the molecule is COc1ccc2ccccc2c1-c1ccccc1C(C)O. The summed E-state index contributed by atoms with van der Waals surface area (Å²) in [6.07, 6.45) is -0.523. The highest BCUT2D eigenvalue weighted by atomic mass is 16.5. The molecular formula is C19H18O2. The van der Waals surface area contributed by atoms with Gasteiger partial charge in [0.05, 0.1) is 13.2 Å². The van der Waals surface area contributed by atoms with Crippen molar-refractivity contribution < 1.29 is 9.84 Å². The van der Waals surface area contributed by atoms with Gasteiger partial charge >= 0.3 is 0 Å². The van der Waals surface area contributed by atoms with E-state index >= 15 is 0 Å². The summed E-state index contributed by atoms with van der Waals surface area (Å²) < 4.78 is 5.56. The average molecular weight is 278 g/mol. The third-order valence-electron chi connectivity index (χ3n) is 3.79. The predicted octanol–water partition coefficient (Wildman–Crippen LogP) is 4.57. The lowest BCUT2D eigenvalue weighted by molar-refractivity contribution is 0.200. The molecule has 0 amide bonds. The maximum absolute atomic E-state index is 10.1. The minimum absolute atomic E-state index is 0.523. The van der Waals surface area contributed by atoms with Crippen LogP contribution in [-0.2, 0) is 0 Å². The van der Waals surface area contributed by atoms with E-state index in [-0.39, 0.29) is 0 Å². The maximum Gasteiger partial charge on any atom is 0.127 e. The highest BCUT2D eigenvalue weighted by molar-refractivity contribution is 6.00. The number of aliphatic hydroxyl groups is 1. The van der Waals surface area contributed by atoms with E-state index in [1.54, 1.807) is 14.0 Å². The Labute approximate surface area is 124 Å². The first-order valence-electron chi connectivity index (χ1n) is 7.05. The van der Waals surface area contributed by atoms with Gasteiger partial charge in [-0.1, -0.05) is 54.6 Å². The molecule has 1 unspecified atom stereocenters. The normalized spacial score (nSPS) is 12.3. The zero-order valence-corrected chi connectivity index (χ0v) is 12.2. The van der Waals surface area contributed by atoms with Gasteiger partial charge in [-0.3, -0.25) is 0 Å². The molecule has 2 nitrogen and oxygen atoms in total. The summed E-state index contributed by atoms with van der Waals surface area (Å²) in [5.74, 6) is 0.821. The fourth-order valence-corrected chi connectivity index (χ4v) is 2.79. The van der Waals surface area contributed by atoms with Crippen molar-refractivity contribution in [3.8, 4) is 16.9 Å². The third kappa shape index (κ3) is 2.39. The highest BCUT2D eigenvalue weighted by Crippen LogP contribution is 2.40. The summed E-state index contributed by atoms with van der Waals surface area (Å²) in [4.78, 5) is 0. The summed E-state index contributed by atoms with van der Waals surface area (Å²) in [5.41, 5.74) is 2.96. The first kappa shape index (κ1) is 13.7. The molecule has 0 spiro atoms. The topological polar surface area (TPSA) is 29.5 Å². The van der Waals surface area contributed by atoms with Crippen LogP contribution < -0.4 is 4.74 Å². The molecule has 0 fully saturated rings. The van der Waals surface area contributed by atoms with Crippen LogP contribution in [0.15, 0.2) is 60.7 Å². The molecule has 0 saturated carbocycles. The summed E-state index contributed by atoms with van der Waals surface area (Å²) in [6, 6.07) is 20.2. The van der Waals surface area contributed by atoms with E-state index in [1.165, 1.54) is 0 Å². The zero-order chi connectivity index (χ0) is 14.8. The van der Waals surface area contributed by atoms with Crippen LogP contribution in [0, 0.1) is 0 Å². The van der Waals surface area contributed by atoms with Gasteiger partial charge in [-0.05, 0) is 34.9 Å². The van der Waals surface area contributed by atoms with Crippen molar-refractivity contribution in [2.45, 2.75) is 13.0 Å². The van der Waals surface area contributed by atoms with Gasteiger partial charge in [-0.15, -0.1) is 0 Å². The average Bonchev–Trinajstić information content (AvgIpc) is 2.53. The van der Waals surface area contributed by atoms with E-state index in [2.05, 4.69) is 18.2 Å². The molecule has 3 aromatic carbocycles. The van der Waals surface area contributed by atoms with Crippen LogP contribution in [0.5, 0.6) is 5.75 Å². The Morgan fingerprint density at radius 1 is 0.905 bits per heavy atom. The Bertz CT molecular complexity index is 775. The molecule has 0 aromatic heterocycles. The number of hydrogen-bond acceptors (Lipinski definition) is 2. The van der Waals surface area contributed by atoms with Crippen LogP contribution in [-0.4, -0.2) is 12.2 Å². The lowest BCUT2D eigenvalue weighted by Crippen LogP contribution is -1.97. The number of rotatable bonds is 3. The molecule has 3 aromatic rings. The van der Waals surface area contributed by atoms with Gasteiger partial charge in [0.1, 0.15) is 5.75 Å². The molecule has 0 aliphatic carbocycles. The number of fused-ring (bicyclic) bond motifs is 1. The molecular weight excluding hydrogens is 260 g/mol. The number of hydrogen-bond donors (Lipinski definition) is 1. The molecule has 0 aliphatic rings. The van der Waals surface area contributed by atoms with E-state index < -0.39 is 6.10 Å². The fraction of sp³-hybridized carbons (Fsp3) is 0.158. The largest absolute Gasteiger partial charge is 0.496 e. The Hall–Kier alpha value is -2.32. The number of benzene rings is 3. The monoisotopic (exact) mass is 278 g/mol. The molecule has 1 atom stereocenters. The molecule has 21 heavy (non-hydrogen) atoms. The predicted molar refractivity (Wildman–Crippen MR) is 86.6 cm³/mol. The van der Waals surface area contributed by atoms with Crippen molar-refractivity contribution >= 4 is 10.8 Å². The van der Waals surface area contributed by atoms with Gasteiger partial charge in [0, 0.05) is 5.56 Å². The molecule has 1 N–H and O–H groups in total. The molecule has 106 valence electrons. The van der Waals surface area contributed by atoms with Crippen molar-refractivity contribution in [1.29, 1.82) is 0 Å². The number of methoxy groups -OCH3 is 1. The molecule has 2 heteroatoms. The molecule has 0 saturated heterocycles. The van der Waals surface area contributed by atoms with E-state index in [4.69, 9.17) is 4.74 Å². The first-order chi connectivity index (χ1) is 10.2. The standard InChI is InChI=1S/C19H18O2/c1-13(20)15-8-5-6-10-17(15)19-16-9-4-3-7-14(16)11-12-18(19)21-2/h3-13,20H,1-2H3. The van der Waals surface area contributed by atoms with Gasteiger partial charge in [-0.25, -0.2) is 0 Å². The second kappa shape index (κ2) is 5.58.